The van der Waals surface area contributed by atoms with Gasteiger partial charge in [0.2, 0.25) is 5.91 Å². The van der Waals surface area contributed by atoms with E-state index in [1.807, 2.05) is 18.2 Å². The van der Waals surface area contributed by atoms with Crippen molar-refractivity contribution < 1.29 is 9.53 Å². The molecule has 0 saturated heterocycles. The molecule has 0 saturated carbocycles. The fourth-order valence-electron chi connectivity index (χ4n) is 2.32. The van der Waals surface area contributed by atoms with Gasteiger partial charge in [-0.15, -0.1) is 17.9 Å². The van der Waals surface area contributed by atoms with Gasteiger partial charge in [-0.1, -0.05) is 29.3 Å². The fourth-order valence-corrected chi connectivity index (χ4v) is 3.63. The number of anilines is 1. The summed E-state index contributed by atoms with van der Waals surface area (Å²) in [6, 6.07) is 9.00. The van der Waals surface area contributed by atoms with Crippen LogP contribution in [0.4, 0.5) is 5.69 Å². The topological polar surface area (TPSA) is 41.6 Å². The number of hydrogen-bond donors (Lipinski definition) is 1. The first-order chi connectivity index (χ1) is 12.0. The zero-order valence-electron chi connectivity index (χ0n) is 13.9. The Morgan fingerprint density at radius 3 is 2.80 bits per heavy atom. The molecule has 1 amide bonds. The largest absolute Gasteiger partial charge is 0.495 e. The molecule has 0 bridgehead atoms. The third-order valence-corrected chi connectivity index (χ3v) is 4.94. The summed E-state index contributed by atoms with van der Waals surface area (Å²) in [5.74, 6) is 0.479. The van der Waals surface area contributed by atoms with Crippen LogP contribution in [0, 0.1) is 0 Å². The number of thiophene rings is 1. The van der Waals surface area contributed by atoms with E-state index in [-0.39, 0.29) is 5.91 Å². The minimum absolute atomic E-state index is 0.0983. The number of hydrogen-bond acceptors (Lipinski definition) is 4. The highest BCUT2D eigenvalue weighted by Crippen LogP contribution is 2.28. The van der Waals surface area contributed by atoms with Crippen LogP contribution in [0.1, 0.15) is 11.3 Å². The number of ether oxygens (including phenoxy) is 1. The molecule has 7 heteroatoms. The molecular weight excluding hydrogens is 379 g/mol. The minimum atomic E-state index is -0.0983. The van der Waals surface area contributed by atoms with E-state index in [1.165, 1.54) is 0 Å². The van der Waals surface area contributed by atoms with Crippen molar-refractivity contribution in [2.45, 2.75) is 13.0 Å². The maximum absolute atomic E-state index is 12.3. The third-order valence-electron chi connectivity index (χ3n) is 3.49. The van der Waals surface area contributed by atoms with E-state index in [0.717, 1.165) is 15.8 Å². The zero-order valence-corrected chi connectivity index (χ0v) is 16.3. The first-order valence-electron chi connectivity index (χ1n) is 7.72. The molecule has 1 N–H and O–H groups in total. The summed E-state index contributed by atoms with van der Waals surface area (Å²) in [5.41, 5.74) is 0.570. The van der Waals surface area contributed by atoms with Crippen LogP contribution in [-0.2, 0) is 11.3 Å². The van der Waals surface area contributed by atoms with Crippen molar-refractivity contribution in [1.29, 1.82) is 0 Å². The van der Waals surface area contributed by atoms with Crippen molar-refractivity contribution in [3.63, 3.8) is 0 Å². The molecule has 1 aromatic heterocycles. The lowest BCUT2D eigenvalue weighted by molar-refractivity contribution is -0.116. The van der Waals surface area contributed by atoms with Gasteiger partial charge in [0, 0.05) is 36.0 Å². The van der Waals surface area contributed by atoms with Crippen LogP contribution in [0.2, 0.25) is 9.36 Å². The van der Waals surface area contributed by atoms with Gasteiger partial charge in [-0.2, -0.15) is 0 Å². The Balaban J connectivity index is 1.92. The maximum Gasteiger partial charge on any atom is 0.225 e. The van der Waals surface area contributed by atoms with E-state index in [4.69, 9.17) is 27.9 Å². The van der Waals surface area contributed by atoms with Gasteiger partial charge in [0.05, 0.1) is 17.1 Å². The van der Waals surface area contributed by atoms with Crippen LogP contribution in [0.15, 0.2) is 43.0 Å². The van der Waals surface area contributed by atoms with Gasteiger partial charge in [0.25, 0.3) is 0 Å². The number of nitrogens with zero attached hydrogens (tertiary/aromatic N) is 1. The van der Waals surface area contributed by atoms with Crippen LogP contribution in [0.3, 0.4) is 0 Å². The molecule has 0 aliphatic heterocycles. The average molecular weight is 399 g/mol. The number of nitrogens with one attached hydrogen (secondary N) is 1. The molecule has 1 aromatic carbocycles. The summed E-state index contributed by atoms with van der Waals surface area (Å²) in [5, 5.41) is 3.39. The number of rotatable bonds is 9. The van der Waals surface area contributed by atoms with Crippen LogP contribution < -0.4 is 10.1 Å². The highest BCUT2D eigenvalue weighted by Gasteiger charge is 2.12. The van der Waals surface area contributed by atoms with E-state index in [9.17, 15) is 4.79 Å². The molecule has 0 atom stereocenters. The molecule has 0 aliphatic rings. The zero-order chi connectivity index (χ0) is 18.2. The number of methoxy groups -OCH3 is 1. The number of halogens is 2. The van der Waals surface area contributed by atoms with Crippen molar-refractivity contribution in [2.75, 3.05) is 25.5 Å². The molecule has 0 unspecified atom stereocenters. The summed E-state index contributed by atoms with van der Waals surface area (Å²) in [7, 11) is 1.55. The molecule has 0 radical (unpaired) electrons. The molecule has 25 heavy (non-hydrogen) atoms. The molecule has 1 heterocycles. The van der Waals surface area contributed by atoms with Gasteiger partial charge in [-0.3, -0.25) is 9.69 Å². The van der Waals surface area contributed by atoms with E-state index in [0.29, 0.717) is 36.0 Å². The lowest BCUT2D eigenvalue weighted by atomic mass is 10.2. The number of amides is 1. The molecule has 4 nitrogen and oxygen atoms in total. The van der Waals surface area contributed by atoms with Gasteiger partial charge in [-0.25, -0.2) is 0 Å². The molecule has 2 rings (SSSR count). The quantitative estimate of drug-likeness (QED) is 0.598. The Morgan fingerprint density at radius 2 is 2.16 bits per heavy atom. The van der Waals surface area contributed by atoms with Crippen molar-refractivity contribution in [2.24, 2.45) is 0 Å². The Morgan fingerprint density at radius 1 is 1.36 bits per heavy atom. The second-order valence-electron chi connectivity index (χ2n) is 5.37. The second kappa shape index (κ2) is 9.82. The number of carbonyl (C=O) groups excluding carboxylic acids is 1. The van der Waals surface area contributed by atoms with Gasteiger partial charge < -0.3 is 10.1 Å². The van der Waals surface area contributed by atoms with Gasteiger partial charge in [0.15, 0.2) is 0 Å². The minimum Gasteiger partial charge on any atom is -0.495 e. The van der Waals surface area contributed by atoms with E-state index >= 15 is 0 Å². The highest BCUT2D eigenvalue weighted by molar-refractivity contribution is 7.16. The predicted molar refractivity (Wildman–Crippen MR) is 106 cm³/mol. The first kappa shape index (κ1) is 19.8. The fraction of sp³-hybridized carbons (Fsp3) is 0.278. The molecule has 0 spiro atoms. The Hall–Kier alpha value is -1.53. The SMILES string of the molecule is C=CCN(CCC(=O)Nc1cc(Cl)ccc1OC)Cc1ccc(Cl)s1. The van der Waals surface area contributed by atoms with Crippen LogP contribution in [-0.4, -0.2) is 31.0 Å². The summed E-state index contributed by atoms with van der Waals surface area (Å²) in [6.45, 7) is 5.82. The highest BCUT2D eigenvalue weighted by atomic mass is 35.5. The smallest absolute Gasteiger partial charge is 0.225 e. The van der Waals surface area contributed by atoms with Crippen LogP contribution in [0.5, 0.6) is 5.75 Å². The van der Waals surface area contributed by atoms with Crippen molar-refractivity contribution in [3.05, 3.63) is 57.2 Å². The summed E-state index contributed by atoms with van der Waals surface area (Å²) in [6.07, 6.45) is 2.18. The van der Waals surface area contributed by atoms with Gasteiger partial charge in [-0.05, 0) is 30.3 Å². The standard InChI is InChI=1S/C18H20Cl2N2O2S/c1-3-9-22(12-14-5-7-17(20)25-14)10-8-18(23)21-15-11-13(19)4-6-16(15)24-2/h3-7,11H,1,8-10,12H2,2H3,(H,21,23). The second-order valence-corrected chi connectivity index (χ2v) is 7.61. The molecule has 0 aliphatic carbocycles. The lowest BCUT2D eigenvalue weighted by Crippen LogP contribution is -2.27. The predicted octanol–water partition coefficient (Wildman–Crippen LogP) is 5.08. The normalized spacial score (nSPS) is 10.7. The van der Waals surface area contributed by atoms with Crippen molar-refractivity contribution in [3.8, 4) is 5.75 Å². The Bertz CT molecular complexity index is 734. The van der Waals surface area contributed by atoms with Crippen molar-refractivity contribution >= 4 is 46.1 Å². The summed E-state index contributed by atoms with van der Waals surface area (Å²) < 4.78 is 6.00. The van der Waals surface area contributed by atoms with Crippen LogP contribution in [0.25, 0.3) is 0 Å². The van der Waals surface area contributed by atoms with E-state index in [2.05, 4.69) is 16.8 Å². The summed E-state index contributed by atoms with van der Waals surface area (Å²) >= 11 is 13.5. The Labute approximate surface area is 162 Å². The lowest BCUT2D eigenvalue weighted by Gasteiger charge is -2.19. The summed E-state index contributed by atoms with van der Waals surface area (Å²) in [4.78, 5) is 15.6. The maximum atomic E-state index is 12.3. The monoisotopic (exact) mass is 398 g/mol. The molecule has 134 valence electrons. The first-order valence-corrected chi connectivity index (χ1v) is 9.30. The Kier molecular flexibility index (Phi) is 7.78. The van der Waals surface area contributed by atoms with Crippen LogP contribution >= 0.6 is 34.5 Å². The third kappa shape index (κ3) is 6.36. The number of benzene rings is 1. The average Bonchev–Trinajstić information content (AvgIpc) is 2.98. The molecular formula is C18H20Cl2N2O2S. The van der Waals surface area contributed by atoms with Gasteiger partial charge in [0.1, 0.15) is 5.75 Å². The molecule has 0 fully saturated rings. The van der Waals surface area contributed by atoms with Gasteiger partial charge >= 0.3 is 0 Å². The molecule has 2 aromatic rings. The number of carbonyl (C=O) groups is 1. The van der Waals surface area contributed by atoms with E-state index < -0.39 is 0 Å². The van der Waals surface area contributed by atoms with E-state index in [1.54, 1.807) is 36.6 Å². The van der Waals surface area contributed by atoms with Crippen molar-refractivity contribution in [1.82, 2.24) is 4.90 Å².